The summed E-state index contributed by atoms with van der Waals surface area (Å²) in [6.07, 6.45) is 3.29. The summed E-state index contributed by atoms with van der Waals surface area (Å²) in [4.78, 5) is 11.1. The van der Waals surface area contributed by atoms with Gasteiger partial charge in [0.1, 0.15) is 11.6 Å². The van der Waals surface area contributed by atoms with E-state index in [1.54, 1.807) is 0 Å². The molecule has 1 N–H and O–H groups in total. The van der Waals surface area contributed by atoms with E-state index >= 15 is 0 Å². The highest BCUT2D eigenvalue weighted by atomic mass is 16.5. The maximum absolute atomic E-state index is 11.1. The van der Waals surface area contributed by atoms with E-state index in [0.29, 0.717) is 25.3 Å². The number of aryl methyl sites for hydroxylation is 1. The number of carboxylic acids is 1. The maximum Gasteiger partial charge on any atom is 0.308 e. The minimum absolute atomic E-state index is 0.299. The molecule has 2 aliphatic heterocycles. The second kappa shape index (κ2) is 4.68. The minimum atomic E-state index is -0.718. The molecule has 1 aromatic rings. The van der Waals surface area contributed by atoms with Gasteiger partial charge in [-0.15, -0.1) is 10.2 Å². The molecule has 0 saturated carbocycles. The minimum Gasteiger partial charge on any atom is -0.481 e. The van der Waals surface area contributed by atoms with E-state index in [4.69, 9.17) is 9.84 Å². The first-order valence-corrected chi connectivity index (χ1v) is 6.45. The fraction of sp³-hybridized carbons (Fsp3) is 0.750. The third kappa shape index (κ3) is 2.12. The second-order valence-electron chi connectivity index (χ2n) is 5.15. The average molecular weight is 251 g/mol. The Balaban J connectivity index is 1.76. The van der Waals surface area contributed by atoms with Crippen LogP contribution < -0.4 is 0 Å². The molecule has 0 aromatic carbocycles. The highest BCUT2D eigenvalue weighted by Crippen LogP contribution is 2.23. The third-order valence-electron chi connectivity index (χ3n) is 3.87. The van der Waals surface area contributed by atoms with Gasteiger partial charge in [0.15, 0.2) is 0 Å². The van der Waals surface area contributed by atoms with Crippen molar-refractivity contribution in [2.24, 2.45) is 11.8 Å². The molecule has 6 heteroatoms. The lowest BCUT2D eigenvalue weighted by molar-refractivity contribution is -0.142. The van der Waals surface area contributed by atoms with E-state index in [-0.39, 0.29) is 5.92 Å². The van der Waals surface area contributed by atoms with Gasteiger partial charge in [0.05, 0.1) is 5.92 Å². The molecule has 0 spiro atoms. The molecule has 2 atom stereocenters. The molecule has 2 unspecified atom stereocenters. The highest BCUT2D eigenvalue weighted by molar-refractivity contribution is 5.70. The van der Waals surface area contributed by atoms with Crippen LogP contribution in [0.4, 0.5) is 0 Å². The smallest absolute Gasteiger partial charge is 0.308 e. The van der Waals surface area contributed by atoms with Crippen LogP contribution in [0.15, 0.2) is 0 Å². The van der Waals surface area contributed by atoms with E-state index in [0.717, 1.165) is 37.7 Å². The quantitative estimate of drug-likeness (QED) is 0.846. The number of hydrogen-bond acceptors (Lipinski definition) is 4. The van der Waals surface area contributed by atoms with Crippen LogP contribution in [0, 0.1) is 11.8 Å². The van der Waals surface area contributed by atoms with Crippen LogP contribution in [-0.4, -0.2) is 39.1 Å². The van der Waals surface area contributed by atoms with Gasteiger partial charge < -0.3 is 14.4 Å². The molecule has 0 amide bonds. The topological polar surface area (TPSA) is 77.2 Å². The number of aliphatic carboxylic acids is 1. The molecule has 0 bridgehead atoms. The molecular weight excluding hydrogens is 234 g/mol. The van der Waals surface area contributed by atoms with Gasteiger partial charge in [-0.3, -0.25) is 4.79 Å². The lowest BCUT2D eigenvalue weighted by Crippen LogP contribution is -2.28. The molecule has 1 saturated heterocycles. The summed E-state index contributed by atoms with van der Waals surface area (Å²) in [6.45, 7) is 2.12. The summed E-state index contributed by atoms with van der Waals surface area (Å²) < 4.78 is 7.36. The molecular formula is C12H17N3O3. The molecule has 0 aliphatic carbocycles. The zero-order valence-electron chi connectivity index (χ0n) is 10.2. The summed E-state index contributed by atoms with van der Waals surface area (Å²) in [5.41, 5.74) is 0. The van der Waals surface area contributed by atoms with Crippen molar-refractivity contribution in [2.45, 2.75) is 32.2 Å². The van der Waals surface area contributed by atoms with E-state index in [1.807, 2.05) is 4.57 Å². The van der Waals surface area contributed by atoms with E-state index in [2.05, 4.69) is 10.2 Å². The highest BCUT2D eigenvalue weighted by Gasteiger charge is 2.28. The van der Waals surface area contributed by atoms with Crippen LogP contribution in [0.25, 0.3) is 0 Å². The van der Waals surface area contributed by atoms with Crippen molar-refractivity contribution in [2.75, 3.05) is 13.2 Å². The number of rotatable bonds is 3. The van der Waals surface area contributed by atoms with Crippen molar-refractivity contribution in [3.8, 4) is 0 Å². The number of carbonyl (C=O) groups is 1. The Morgan fingerprint density at radius 3 is 3.06 bits per heavy atom. The molecule has 1 fully saturated rings. The normalized spacial score (nSPS) is 27.1. The fourth-order valence-corrected chi connectivity index (χ4v) is 2.74. The van der Waals surface area contributed by atoms with Crippen molar-refractivity contribution in [3.05, 3.63) is 11.6 Å². The number of aromatic nitrogens is 3. The summed E-state index contributed by atoms with van der Waals surface area (Å²) in [6, 6.07) is 0. The molecule has 0 radical (unpaired) electrons. The molecule has 3 heterocycles. The third-order valence-corrected chi connectivity index (χ3v) is 3.87. The predicted molar refractivity (Wildman–Crippen MR) is 62.1 cm³/mol. The Morgan fingerprint density at radius 1 is 1.44 bits per heavy atom. The molecule has 98 valence electrons. The lowest BCUT2D eigenvalue weighted by Gasteiger charge is -2.21. The number of nitrogens with zero attached hydrogens (tertiary/aromatic N) is 3. The maximum atomic E-state index is 11.1. The number of carboxylic acid groups (broad SMARTS) is 1. The van der Waals surface area contributed by atoms with E-state index in [9.17, 15) is 4.79 Å². The summed E-state index contributed by atoms with van der Waals surface area (Å²) >= 11 is 0. The van der Waals surface area contributed by atoms with Crippen molar-refractivity contribution in [1.29, 1.82) is 0 Å². The summed E-state index contributed by atoms with van der Waals surface area (Å²) in [7, 11) is 0. The van der Waals surface area contributed by atoms with E-state index < -0.39 is 5.97 Å². The Kier molecular flexibility index (Phi) is 3.03. The van der Waals surface area contributed by atoms with Gasteiger partial charge in [-0.05, 0) is 18.8 Å². The van der Waals surface area contributed by atoms with Gasteiger partial charge >= 0.3 is 5.97 Å². The number of fused-ring (bicyclic) bond motifs is 1. The van der Waals surface area contributed by atoms with Gasteiger partial charge in [-0.2, -0.15) is 0 Å². The second-order valence-corrected chi connectivity index (χ2v) is 5.15. The van der Waals surface area contributed by atoms with Crippen LogP contribution in [0.5, 0.6) is 0 Å². The molecule has 6 nitrogen and oxygen atoms in total. The number of hydrogen-bond donors (Lipinski definition) is 1. The fourth-order valence-electron chi connectivity index (χ4n) is 2.74. The predicted octanol–water partition coefficient (Wildman–Crippen LogP) is 0.504. The van der Waals surface area contributed by atoms with Gasteiger partial charge in [-0.1, -0.05) is 0 Å². The monoisotopic (exact) mass is 251 g/mol. The standard InChI is InChI=1S/C12H17N3O3/c16-12(17)9-1-2-10-13-14-11(15(10)6-9)5-8-3-4-18-7-8/h8-9H,1-7H2,(H,16,17). The van der Waals surface area contributed by atoms with Crippen molar-refractivity contribution >= 4 is 5.97 Å². The lowest BCUT2D eigenvalue weighted by atomic mass is 9.98. The molecule has 1 aromatic heterocycles. The zero-order chi connectivity index (χ0) is 12.5. The molecule has 18 heavy (non-hydrogen) atoms. The number of ether oxygens (including phenoxy) is 1. The van der Waals surface area contributed by atoms with Crippen LogP contribution in [-0.2, 0) is 28.9 Å². The van der Waals surface area contributed by atoms with Crippen molar-refractivity contribution in [3.63, 3.8) is 0 Å². The van der Waals surface area contributed by atoms with Gasteiger partial charge in [0.25, 0.3) is 0 Å². The Morgan fingerprint density at radius 2 is 2.33 bits per heavy atom. The van der Waals surface area contributed by atoms with Crippen molar-refractivity contribution < 1.29 is 14.6 Å². The summed E-state index contributed by atoms with van der Waals surface area (Å²) in [5, 5.41) is 17.5. The molecule has 3 rings (SSSR count). The zero-order valence-corrected chi connectivity index (χ0v) is 10.2. The van der Waals surface area contributed by atoms with Gasteiger partial charge in [-0.25, -0.2) is 0 Å². The van der Waals surface area contributed by atoms with E-state index in [1.165, 1.54) is 0 Å². The van der Waals surface area contributed by atoms with Crippen LogP contribution >= 0.6 is 0 Å². The average Bonchev–Trinajstić information content (AvgIpc) is 2.99. The Bertz CT molecular complexity index is 451. The summed E-state index contributed by atoms with van der Waals surface area (Å²) in [5.74, 6) is 1.34. The first-order valence-electron chi connectivity index (χ1n) is 6.45. The van der Waals surface area contributed by atoms with Crippen LogP contribution in [0.2, 0.25) is 0 Å². The van der Waals surface area contributed by atoms with Crippen LogP contribution in [0.3, 0.4) is 0 Å². The van der Waals surface area contributed by atoms with Crippen molar-refractivity contribution in [1.82, 2.24) is 14.8 Å². The first-order chi connectivity index (χ1) is 8.74. The Labute approximate surface area is 105 Å². The largest absolute Gasteiger partial charge is 0.481 e. The van der Waals surface area contributed by atoms with Gasteiger partial charge in [0, 0.05) is 32.6 Å². The SMILES string of the molecule is O=C(O)C1CCc2nnc(CC3CCOC3)n2C1. The Hall–Kier alpha value is -1.43. The first kappa shape index (κ1) is 11.6. The van der Waals surface area contributed by atoms with Gasteiger partial charge in [0.2, 0.25) is 0 Å². The van der Waals surface area contributed by atoms with Crippen LogP contribution in [0.1, 0.15) is 24.5 Å². The molecule has 2 aliphatic rings.